The van der Waals surface area contributed by atoms with Crippen LogP contribution in [0.1, 0.15) is 50.6 Å². The topological polar surface area (TPSA) is 85.9 Å². The van der Waals surface area contributed by atoms with E-state index >= 15 is 0 Å². The van der Waals surface area contributed by atoms with Gasteiger partial charge in [-0.25, -0.2) is 9.59 Å². The van der Waals surface area contributed by atoms with Gasteiger partial charge in [0.05, 0.1) is 25.8 Å². The zero-order valence-corrected chi connectivity index (χ0v) is 16.0. The maximum atomic E-state index is 13.0. The Labute approximate surface area is 159 Å². The quantitative estimate of drug-likeness (QED) is 0.773. The molecule has 2 amide bonds. The number of carbonyl (C=O) groups is 2. The summed E-state index contributed by atoms with van der Waals surface area (Å²) in [5, 5.41) is 5.48. The molecule has 3 rings (SSSR count). The molecule has 27 heavy (non-hydrogen) atoms. The van der Waals surface area contributed by atoms with Crippen molar-refractivity contribution in [3.63, 3.8) is 0 Å². The minimum Gasteiger partial charge on any atom is -0.497 e. The summed E-state index contributed by atoms with van der Waals surface area (Å²) in [6.45, 7) is 1.70. The third-order valence-electron chi connectivity index (χ3n) is 5.06. The third kappa shape index (κ3) is 4.18. The number of amides is 2. The molecule has 1 fully saturated rings. The van der Waals surface area contributed by atoms with Crippen LogP contribution in [-0.4, -0.2) is 32.3 Å². The molecule has 1 saturated carbocycles. The fraction of sp³-hybridized carbons (Fsp3) is 0.500. The first-order chi connectivity index (χ1) is 13.0. The van der Waals surface area contributed by atoms with Gasteiger partial charge in [-0.3, -0.25) is 0 Å². The minimum absolute atomic E-state index is 0.0722. The minimum atomic E-state index is -0.681. The number of ether oxygens (including phenoxy) is 3. The van der Waals surface area contributed by atoms with E-state index < -0.39 is 12.0 Å². The molecule has 7 nitrogen and oxygen atoms in total. The Bertz CT molecular complexity index is 753. The number of urea groups is 1. The first kappa shape index (κ1) is 19.1. The van der Waals surface area contributed by atoms with Crippen molar-refractivity contribution in [3.8, 4) is 11.5 Å². The van der Waals surface area contributed by atoms with Gasteiger partial charge in [-0.05, 0) is 50.8 Å². The highest BCUT2D eigenvalue weighted by Crippen LogP contribution is 2.36. The first-order valence-electron chi connectivity index (χ1n) is 9.24. The largest absolute Gasteiger partial charge is 0.497 e. The van der Waals surface area contributed by atoms with Crippen LogP contribution in [0, 0.1) is 0 Å². The van der Waals surface area contributed by atoms with E-state index in [0.717, 1.165) is 25.7 Å². The lowest BCUT2D eigenvalue weighted by atomic mass is 9.94. The molecule has 0 saturated heterocycles. The van der Waals surface area contributed by atoms with E-state index in [1.54, 1.807) is 39.3 Å². The Balaban J connectivity index is 1.95. The molecule has 1 aromatic rings. The lowest BCUT2D eigenvalue weighted by Gasteiger charge is -2.31. The zero-order valence-electron chi connectivity index (χ0n) is 16.0. The van der Waals surface area contributed by atoms with Crippen molar-refractivity contribution in [2.75, 3.05) is 14.2 Å². The fourth-order valence-electron chi connectivity index (χ4n) is 3.66. The molecule has 1 atom stereocenters. The van der Waals surface area contributed by atoms with E-state index in [2.05, 4.69) is 10.6 Å². The van der Waals surface area contributed by atoms with E-state index in [9.17, 15) is 9.59 Å². The summed E-state index contributed by atoms with van der Waals surface area (Å²) in [6.07, 6.45) is 5.00. The van der Waals surface area contributed by atoms with Gasteiger partial charge in [-0.15, -0.1) is 0 Å². The van der Waals surface area contributed by atoms with Gasteiger partial charge in [0.15, 0.2) is 0 Å². The lowest BCUT2D eigenvalue weighted by Crippen LogP contribution is -2.45. The molecule has 0 aromatic heterocycles. The van der Waals surface area contributed by atoms with Crippen molar-refractivity contribution in [1.82, 2.24) is 10.6 Å². The van der Waals surface area contributed by atoms with E-state index in [4.69, 9.17) is 14.2 Å². The number of allylic oxidation sites excluding steroid dienone is 1. The standard InChI is InChI=1S/C20H26N2O5/c1-12-17(19(23)27-13-7-5-4-6-8-13)18(22-20(24)21-12)15-11-14(25-2)9-10-16(15)26-3/h9-11,13,18H,4-8H2,1-3H3,(H2,21,22,24)/t18-/m1/s1. The van der Waals surface area contributed by atoms with Gasteiger partial charge in [-0.1, -0.05) is 6.42 Å². The summed E-state index contributed by atoms with van der Waals surface area (Å²) in [7, 11) is 3.11. The van der Waals surface area contributed by atoms with E-state index in [0.29, 0.717) is 28.3 Å². The Morgan fingerprint density at radius 2 is 1.85 bits per heavy atom. The summed E-state index contributed by atoms with van der Waals surface area (Å²) in [4.78, 5) is 25.1. The molecule has 1 heterocycles. The zero-order chi connectivity index (χ0) is 19.4. The molecular weight excluding hydrogens is 348 g/mol. The van der Waals surface area contributed by atoms with Crippen molar-refractivity contribution in [2.24, 2.45) is 0 Å². The second-order valence-electron chi connectivity index (χ2n) is 6.84. The van der Waals surface area contributed by atoms with Crippen LogP contribution in [0.25, 0.3) is 0 Å². The van der Waals surface area contributed by atoms with Gasteiger partial charge in [0.25, 0.3) is 0 Å². The van der Waals surface area contributed by atoms with Gasteiger partial charge in [0.1, 0.15) is 17.6 Å². The number of carbonyl (C=O) groups excluding carboxylic acids is 2. The summed E-state index contributed by atoms with van der Waals surface area (Å²) in [5.74, 6) is 0.747. The summed E-state index contributed by atoms with van der Waals surface area (Å²) >= 11 is 0. The number of rotatable bonds is 5. The fourth-order valence-corrected chi connectivity index (χ4v) is 3.66. The number of methoxy groups -OCH3 is 2. The maximum Gasteiger partial charge on any atom is 0.338 e. The van der Waals surface area contributed by atoms with Crippen molar-refractivity contribution in [2.45, 2.75) is 51.2 Å². The van der Waals surface area contributed by atoms with Crippen molar-refractivity contribution >= 4 is 12.0 Å². The molecule has 1 aliphatic carbocycles. The van der Waals surface area contributed by atoms with Crippen molar-refractivity contribution < 1.29 is 23.8 Å². The monoisotopic (exact) mass is 374 g/mol. The van der Waals surface area contributed by atoms with Crippen LogP contribution < -0.4 is 20.1 Å². The predicted molar refractivity (Wildman–Crippen MR) is 99.6 cm³/mol. The van der Waals surface area contributed by atoms with Gasteiger partial charge in [0.2, 0.25) is 0 Å². The van der Waals surface area contributed by atoms with Crippen LogP contribution in [-0.2, 0) is 9.53 Å². The van der Waals surface area contributed by atoms with Gasteiger partial charge >= 0.3 is 12.0 Å². The normalized spacial score (nSPS) is 20.6. The number of hydrogen-bond acceptors (Lipinski definition) is 5. The molecular formula is C20H26N2O5. The highest BCUT2D eigenvalue weighted by atomic mass is 16.5. The van der Waals surface area contributed by atoms with Gasteiger partial charge in [-0.2, -0.15) is 0 Å². The number of benzene rings is 1. The average molecular weight is 374 g/mol. The predicted octanol–water partition coefficient (Wildman–Crippen LogP) is 3.21. The Hall–Kier alpha value is -2.70. The number of hydrogen-bond donors (Lipinski definition) is 2. The Kier molecular flexibility index (Phi) is 5.88. The second kappa shape index (κ2) is 8.33. The molecule has 1 aromatic carbocycles. The van der Waals surface area contributed by atoms with Crippen LogP contribution >= 0.6 is 0 Å². The van der Waals surface area contributed by atoms with Crippen LogP contribution in [0.3, 0.4) is 0 Å². The van der Waals surface area contributed by atoms with Gasteiger partial charge in [0, 0.05) is 11.3 Å². The van der Waals surface area contributed by atoms with Crippen molar-refractivity contribution in [3.05, 3.63) is 35.0 Å². The molecule has 7 heteroatoms. The van der Waals surface area contributed by atoms with Crippen LogP contribution in [0.2, 0.25) is 0 Å². The highest BCUT2D eigenvalue weighted by molar-refractivity contribution is 5.95. The Morgan fingerprint density at radius 1 is 1.11 bits per heavy atom. The lowest BCUT2D eigenvalue weighted by molar-refractivity contribution is -0.146. The van der Waals surface area contributed by atoms with E-state index in [1.807, 2.05) is 0 Å². The number of nitrogens with one attached hydrogen (secondary N) is 2. The Morgan fingerprint density at radius 3 is 2.52 bits per heavy atom. The van der Waals surface area contributed by atoms with Crippen molar-refractivity contribution in [1.29, 1.82) is 0 Å². The maximum absolute atomic E-state index is 13.0. The second-order valence-corrected chi connectivity index (χ2v) is 6.84. The van der Waals surface area contributed by atoms with E-state index in [-0.39, 0.29) is 12.1 Å². The highest BCUT2D eigenvalue weighted by Gasteiger charge is 2.35. The van der Waals surface area contributed by atoms with E-state index in [1.165, 1.54) is 6.42 Å². The first-order valence-corrected chi connectivity index (χ1v) is 9.24. The molecule has 146 valence electrons. The molecule has 0 spiro atoms. The summed E-state index contributed by atoms with van der Waals surface area (Å²) in [5.41, 5.74) is 1.50. The number of esters is 1. The third-order valence-corrected chi connectivity index (χ3v) is 5.06. The molecule has 2 aliphatic rings. The summed E-state index contributed by atoms with van der Waals surface area (Å²) < 4.78 is 16.5. The van der Waals surface area contributed by atoms with Crippen LogP contribution in [0.5, 0.6) is 11.5 Å². The average Bonchev–Trinajstić information content (AvgIpc) is 2.67. The smallest absolute Gasteiger partial charge is 0.338 e. The van der Waals surface area contributed by atoms with Gasteiger partial charge < -0.3 is 24.8 Å². The van der Waals surface area contributed by atoms with Crippen LogP contribution in [0.15, 0.2) is 29.5 Å². The summed E-state index contributed by atoms with van der Waals surface area (Å²) in [6, 6.07) is 4.22. The molecule has 0 unspecified atom stereocenters. The SMILES string of the molecule is COc1ccc(OC)c([C@H]2NC(=O)NC(C)=C2C(=O)OC2CCCCC2)c1. The molecule has 1 aliphatic heterocycles. The molecule has 0 radical (unpaired) electrons. The molecule has 2 N–H and O–H groups in total. The molecule has 0 bridgehead atoms. The van der Waals surface area contributed by atoms with Crippen LogP contribution in [0.4, 0.5) is 4.79 Å².